The lowest BCUT2D eigenvalue weighted by Crippen LogP contribution is -1.95. The first-order chi connectivity index (χ1) is 6.29. The molecule has 13 heavy (non-hydrogen) atoms. The van der Waals surface area contributed by atoms with Crippen molar-refractivity contribution in [2.24, 2.45) is 5.16 Å². The maximum absolute atomic E-state index is 13.2. The number of halogens is 1. The first kappa shape index (κ1) is 9.71. The molecule has 0 atom stereocenters. The molecule has 0 radical (unpaired) electrons. The van der Waals surface area contributed by atoms with Crippen LogP contribution in [-0.4, -0.2) is 13.3 Å². The number of hydrogen-bond donors (Lipinski definition) is 0. The molecule has 0 aliphatic rings. The minimum atomic E-state index is -0.264. The van der Waals surface area contributed by atoms with Gasteiger partial charge in [-0.25, -0.2) is 4.39 Å². The lowest BCUT2D eigenvalue weighted by Gasteiger charge is -2.02. The van der Waals surface area contributed by atoms with Crippen LogP contribution in [0.25, 0.3) is 0 Å². The van der Waals surface area contributed by atoms with Gasteiger partial charge in [-0.1, -0.05) is 24.2 Å². The molecule has 0 fully saturated rings. The van der Waals surface area contributed by atoms with Gasteiger partial charge in [0.25, 0.3) is 0 Å². The summed E-state index contributed by atoms with van der Waals surface area (Å²) in [5.74, 6) is -0.264. The van der Waals surface area contributed by atoms with Gasteiger partial charge in [0.15, 0.2) is 0 Å². The highest BCUT2D eigenvalue weighted by molar-refractivity contribution is 5.81. The number of aryl methyl sites for hydroxylation is 1. The van der Waals surface area contributed by atoms with E-state index in [1.165, 1.54) is 19.4 Å². The highest BCUT2D eigenvalue weighted by Crippen LogP contribution is 2.11. The zero-order valence-electron chi connectivity index (χ0n) is 7.75. The number of benzene rings is 1. The molecule has 0 saturated heterocycles. The first-order valence-corrected chi connectivity index (χ1v) is 4.13. The van der Waals surface area contributed by atoms with E-state index in [-0.39, 0.29) is 5.82 Å². The van der Waals surface area contributed by atoms with Gasteiger partial charge in [0.2, 0.25) is 0 Å². The number of rotatable bonds is 3. The Balaban J connectivity index is 3.07. The van der Waals surface area contributed by atoms with Gasteiger partial charge in [-0.05, 0) is 18.1 Å². The standard InChI is InChI=1S/C10H12FNO/c1-3-8-5-4-6-10(11)9(8)7-12-13-2/h4-7H,3H2,1-2H3/b12-7+. The van der Waals surface area contributed by atoms with Crippen LogP contribution in [0.15, 0.2) is 23.4 Å². The molecular formula is C10H12FNO. The van der Waals surface area contributed by atoms with Crippen molar-refractivity contribution >= 4 is 6.21 Å². The predicted molar refractivity (Wildman–Crippen MR) is 50.4 cm³/mol. The second-order valence-corrected chi connectivity index (χ2v) is 2.58. The Bertz CT molecular complexity index is 310. The molecule has 0 amide bonds. The van der Waals surface area contributed by atoms with Crippen LogP contribution in [0.2, 0.25) is 0 Å². The number of hydrogen-bond acceptors (Lipinski definition) is 2. The smallest absolute Gasteiger partial charge is 0.132 e. The zero-order valence-corrected chi connectivity index (χ0v) is 7.75. The van der Waals surface area contributed by atoms with Crippen molar-refractivity contribution < 1.29 is 9.23 Å². The van der Waals surface area contributed by atoms with Gasteiger partial charge in [0, 0.05) is 5.56 Å². The molecule has 3 heteroatoms. The summed E-state index contributed by atoms with van der Waals surface area (Å²) in [6.07, 6.45) is 2.18. The third-order valence-corrected chi connectivity index (χ3v) is 1.81. The topological polar surface area (TPSA) is 21.6 Å². The minimum absolute atomic E-state index is 0.264. The summed E-state index contributed by atoms with van der Waals surface area (Å²) in [5.41, 5.74) is 1.44. The summed E-state index contributed by atoms with van der Waals surface area (Å²) in [6, 6.07) is 4.98. The van der Waals surface area contributed by atoms with E-state index in [0.717, 1.165) is 12.0 Å². The van der Waals surface area contributed by atoms with Crippen molar-refractivity contribution in [2.45, 2.75) is 13.3 Å². The molecule has 0 aliphatic heterocycles. The number of oxime groups is 1. The largest absolute Gasteiger partial charge is 0.399 e. The minimum Gasteiger partial charge on any atom is -0.399 e. The van der Waals surface area contributed by atoms with E-state index in [4.69, 9.17) is 0 Å². The van der Waals surface area contributed by atoms with Gasteiger partial charge < -0.3 is 4.84 Å². The molecule has 0 aliphatic carbocycles. The summed E-state index contributed by atoms with van der Waals surface area (Å²) in [7, 11) is 1.43. The molecule has 1 rings (SSSR count). The Morgan fingerprint density at radius 1 is 1.54 bits per heavy atom. The highest BCUT2D eigenvalue weighted by atomic mass is 19.1. The second kappa shape index (κ2) is 4.60. The molecule has 0 saturated carbocycles. The van der Waals surface area contributed by atoms with Gasteiger partial charge in [0.1, 0.15) is 12.9 Å². The fraction of sp³-hybridized carbons (Fsp3) is 0.300. The quantitative estimate of drug-likeness (QED) is 0.518. The van der Waals surface area contributed by atoms with Gasteiger partial charge in [-0.2, -0.15) is 0 Å². The van der Waals surface area contributed by atoms with Gasteiger partial charge in [-0.15, -0.1) is 0 Å². The monoisotopic (exact) mass is 181 g/mol. The van der Waals surface area contributed by atoms with E-state index in [1.807, 2.05) is 13.0 Å². The molecule has 1 aromatic carbocycles. The lowest BCUT2D eigenvalue weighted by atomic mass is 10.1. The van der Waals surface area contributed by atoms with Crippen molar-refractivity contribution in [1.29, 1.82) is 0 Å². The van der Waals surface area contributed by atoms with Crippen LogP contribution in [-0.2, 0) is 11.3 Å². The fourth-order valence-corrected chi connectivity index (χ4v) is 1.14. The van der Waals surface area contributed by atoms with E-state index in [1.54, 1.807) is 6.07 Å². The van der Waals surface area contributed by atoms with Gasteiger partial charge >= 0.3 is 0 Å². The normalized spacial score (nSPS) is 10.7. The lowest BCUT2D eigenvalue weighted by molar-refractivity contribution is 0.215. The Morgan fingerprint density at radius 2 is 2.31 bits per heavy atom. The molecule has 70 valence electrons. The van der Waals surface area contributed by atoms with Crippen LogP contribution < -0.4 is 0 Å². The summed E-state index contributed by atoms with van der Waals surface area (Å²) >= 11 is 0. The first-order valence-electron chi connectivity index (χ1n) is 4.13. The van der Waals surface area contributed by atoms with E-state index >= 15 is 0 Å². The number of nitrogens with zero attached hydrogens (tertiary/aromatic N) is 1. The Labute approximate surface area is 77.0 Å². The summed E-state index contributed by atoms with van der Waals surface area (Å²) < 4.78 is 13.2. The Hall–Kier alpha value is -1.38. The van der Waals surface area contributed by atoms with Crippen LogP contribution >= 0.6 is 0 Å². The summed E-state index contributed by atoms with van der Waals surface area (Å²) in [5, 5.41) is 3.55. The van der Waals surface area contributed by atoms with Crippen LogP contribution in [0.5, 0.6) is 0 Å². The van der Waals surface area contributed by atoms with Crippen molar-refractivity contribution in [2.75, 3.05) is 7.11 Å². The van der Waals surface area contributed by atoms with Gasteiger partial charge in [0.05, 0.1) is 6.21 Å². The van der Waals surface area contributed by atoms with E-state index in [0.29, 0.717) is 5.56 Å². The van der Waals surface area contributed by atoms with E-state index < -0.39 is 0 Å². The zero-order chi connectivity index (χ0) is 9.68. The molecule has 0 spiro atoms. The third kappa shape index (κ3) is 2.28. The van der Waals surface area contributed by atoms with E-state index in [9.17, 15) is 4.39 Å². The summed E-state index contributed by atoms with van der Waals surface area (Å²) in [4.78, 5) is 4.50. The Kier molecular flexibility index (Phi) is 3.43. The van der Waals surface area contributed by atoms with Crippen molar-refractivity contribution in [3.8, 4) is 0 Å². The Morgan fingerprint density at radius 3 is 2.92 bits per heavy atom. The average molecular weight is 181 g/mol. The van der Waals surface area contributed by atoms with Crippen LogP contribution in [0.3, 0.4) is 0 Å². The van der Waals surface area contributed by atoms with Crippen molar-refractivity contribution in [3.63, 3.8) is 0 Å². The molecule has 0 unspecified atom stereocenters. The van der Waals surface area contributed by atoms with Crippen LogP contribution in [0.4, 0.5) is 4.39 Å². The molecule has 2 nitrogen and oxygen atoms in total. The molecule has 0 aromatic heterocycles. The fourth-order valence-electron chi connectivity index (χ4n) is 1.14. The van der Waals surface area contributed by atoms with Gasteiger partial charge in [-0.3, -0.25) is 0 Å². The van der Waals surface area contributed by atoms with Crippen molar-refractivity contribution in [1.82, 2.24) is 0 Å². The maximum atomic E-state index is 13.2. The summed E-state index contributed by atoms with van der Waals surface area (Å²) in [6.45, 7) is 1.97. The second-order valence-electron chi connectivity index (χ2n) is 2.58. The van der Waals surface area contributed by atoms with Crippen LogP contribution in [0, 0.1) is 5.82 Å². The molecular weight excluding hydrogens is 169 g/mol. The van der Waals surface area contributed by atoms with Crippen molar-refractivity contribution in [3.05, 3.63) is 35.1 Å². The third-order valence-electron chi connectivity index (χ3n) is 1.81. The maximum Gasteiger partial charge on any atom is 0.132 e. The molecule has 0 bridgehead atoms. The predicted octanol–water partition coefficient (Wildman–Crippen LogP) is 2.37. The average Bonchev–Trinajstić information content (AvgIpc) is 2.15. The molecule has 1 aromatic rings. The van der Waals surface area contributed by atoms with Crippen LogP contribution in [0.1, 0.15) is 18.1 Å². The highest BCUT2D eigenvalue weighted by Gasteiger charge is 2.03. The molecule has 0 heterocycles. The van der Waals surface area contributed by atoms with E-state index in [2.05, 4.69) is 9.99 Å². The molecule has 0 N–H and O–H groups in total. The SMILES string of the molecule is CCc1cccc(F)c1/C=N/OC.